The molecule has 0 bridgehead atoms. The molecular formula is C39H34F2N4O4S2. The van der Waals surface area contributed by atoms with Crippen LogP contribution in [-0.4, -0.2) is 55.4 Å². The molecular weight excluding hydrogens is 691 g/mol. The minimum atomic E-state index is -0.741. The molecule has 0 atom stereocenters. The fourth-order valence-electron chi connectivity index (χ4n) is 7.19. The first-order valence-electron chi connectivity index (χ1n) is 16.9. The number of ether oxygens (including phenoxy) is 1. The first-order chi connectivity index (χ1) is 24.7. The third-order valence-corrected chi connectivity index (χ3v) is 12.3. The maximum Gasteiger partial charge on any atom is 0.259 e. The lowest BCUT2D eigenvalue weighted by Gasteiger charge is -2.53. The van der Waals surface area contributed by atoms with Crippen LogP contribution in [0, 0.1) is 24.0 Å². The number of nitrogens with one attached hydrogen (secondary N) is 1. The number of pyridine rings is 1. The van der Waals surface area contributed by atoms with E-state index in [4.69, 9.17) is 9.72 Å². The summed E-state index contributed by atoms with van der Waals surface area (Å²) in [5.41, 5.74) is 4.05. The highest BCUT2D eigenvalue weighted by molar-refractivity contribution is 7.23. The average molecular weight is 725 g/mol. The van der Waals surface area contributed by atoms with E-state index in [0.29, 0.717) is 40.5 Å². The van der Waals surface area contributed by atoms with Crippen molar-refractivity contribution in [1.82, 2.24) is 4.98 Å². The molecule has 3 aliphatic heterocycles. The lowest BCUT2D eigenvalue weighted by molar-refractivity contribution is -0.000519. The Hall–Kier alpha value is -4.78. The van der Waals surface area contributed by atoms with Crippen molar-refractivity contribution in [1.29, 1.82) is 0 Å². The minimum Gasteiger partial charge on any atom is -0.381 e. The summed E-state index contributed by atoms with van der Waals surface area (Å²) < 4.78 is 34.0. The topological polar surface area (TPSA) is 91.8 Å². The minimum absolute atomic E-state index is 0.182. The Morgan fingerprint density at radius 3 is 2.45 bits per heavy atom. The standard InChI is InChI=1S/C39H34F2N4O4S2/c1-23-5-10-27(36(42-23)44-21-39(22-44)13-16-49-17-14-39)37(47)43-26-8-6-24(7-9-26)38(48)45-15-11-25-19-33(51-34(25)35-31(45)12-18-50-35)32(46)20-28-29(40)3-2-4-30(28)41/h2-10,12,18-19H,11,13-17,20-22H2,1H3,(H,43,47). The van der Waals surface area contributed by atoms with Crippen molar-refractivity contribution in [3.05, 3.63) is 117 Å². The summed E-state index contributed by atoms with van der Waals surface area (Å²) in [5.74, 6) is -1.59. The highest BCUT2D eigenvalue weighted by Gasteiger charge is 2.45. The number of fused-ring (bicyclic) bond motifs is 3. The van der Waals surface area contributed by atoms with Gasteiger partial charge < -0.3 is 19.9 Å². The molecule has 2 amide bonds. The monoisotopic (exact) mass is 724 g/mol. The molecule has 8 rings (SSSR count). The summed E-state index contributed by atoms with van der Waals surface area (Å²) in [7, 11) is 0. The van der Waals surface area contributed by atoms with Crippen molar-refractivity contribution in [3.63, 3.8) is 0 Å². The fraction of sp³-hybridized carbons (Fsp3) is 0.282. The number of rotatable bonds is 7. The van der Waals surface area contributed by atoms with Crippen molar-refractivity contribution in [2.45, 2.75) is 32.6 Å². The molecule has 5 aromatic rings. The van der Waals surface area contributed by atoms with Gasteiger partial charge in [0.1, 0.15) is 17.5 Å². The normalized spacial score (nSPS) is 16.2. The number of halogens is 2. The number of thiophene rings is 2. The van der Waals surface area contributed by atoms with Crippen LogP contribution in [0.25, 0.3) is 9.75 Å². The summed E-state index contributed by atoms with van der Waals surface area (Å²) in [6.07, 6.45) is 2.18. The zero-order valence-corrected chi connectivity index (χ0v) is 29.5. The van der Waals surface area contributed by atoms with E-state index < -0.39 is 11.6 Å². The molecule has 1 N–H and O–H groups in total. The Kier molecular flexibility index (Phi) is 8.77. The number of anilines is 3. The molecule has 6 heterocycles. The van der Waals surface area contributed by atoms with Gasteiger partial charge in [0.15, 0.2) is 5.78 Å². The molecule has 1 spiro atoms. The van der Waals surface area contributed by atoms with Crippen LogP contribution in [0.3, 0.4) is 0 Å². The molecule has 8 nitrogen and oxygen atoms in total. The van der Waals surface area contributed by atoms with Crippen molar-refractivity contribution in [3.8, 4) is 9.75 Å². The van der Waals surface area contributed by atoms with Crippen LogP contribution < -0.4 is 15.1 Å². The Morgan fingerprint density at radius 2 is 1.71 bits per heavy atom. The van der Waals surface area contributed by atoms with Gasteiger partial charge in [-0.1, -0.05) is 6.07 Å². The van der Waals surface area contributed by atoms with Crippen molar-refractivity contribution in [2.75, 3.05) is 48.0 Å². The van der Waals surface area contributed by atoms with E-state index >= 15 is 0 Å². The van der Waals surface area contributed by atoms with Crippen molar-refractivity contribution >= 4 is 57.5 Å². The molecule has 2 saturated heterocycles. The number of hydrogen-bond acceptors (Lipinski definition) is 8. The zero-order valence-electron chi connectivity index (χ0n) is 27.8. The number of carbonyl (C=O) groups is 3. The van der Waals surface area contributed by atoms with Crippen LogP contribution in [0.5, 0.6) is 0 Å². The predicted octanol–water partition coefficient (Wildman–Crippen LogP) is 7.96. The summed E-state index contributed by atoms with van der Waals surface area (Å²) in [6.45, 7) is 5.57. The maximum absolute atomic E-state index is 14.2. The second-order valence-corrected chi connectivity index (χ2v) is 15.4. The molecule has 2 fully saturated rings. The van der Waals surface area contributed by atoms with Crippen LogP contribution in [0.2, 0.25) is 0 Å². The molecule has 3 aromatic heterocycles. The average Bonchev–Trinajstić information content (AvgIpc) is 3.74. The van der Waals surface area contributed by atoms with Gasteiger partial charge in [0.25, 0.3) is 11.8 Å². The van der Waals surface area contributed by atoms with Gasteiger partial charge in [-0.05, 0) is 97.8 Å². The van der Waals surface area contributed by atoms with Crippen molar-refractivity contribution < 1.29 is 27.9 Å². The second-order valence-electron chi connectivity index (χ2n) is 13.4. The van der Waals surface area contributed by atoms with Gasteiger partial charge in [-0.3, -0.25) is 14.4 Å². The van der Waals surface area contributed by atoms with E-state index in [-0.39, 0.29) is 35.0 Å². The van der Waals surface area contributed by atoms with Crippen LogP contribution >= 0.6 is 22.7 Å². The number of nitrogens with zero attached hydrogens (tertiary/aromatic N) is 3. The Morgan fingerprint density at radius 1 is 0.961 bits per heavy atom. The summed E-state index contributed by atoms with van der Waals surface area (Å²) in [4.78, 5) is 51.4. The van der Waals surface area contributed by atoms with Gasteiger partial charge in [-0.2, -0.15) is 0 Å². The molecule has 0 unspecified atom stereocenters. The number of amides is 2. The predicted molar refractivity (Wildman–Crippen MR) is 195 cm³/mol. The number of aryl methyl sites for hydroxylation is 1. The van der Waals surface area contributed by atoms with Gasteiger partial charge in [-0.25, -0.2) is 13.8 Å². The molecule has 0 radical (unpaired) electrons. The van der Waals surface area contributed by atoms with E-state index in [2.05, 4.69) is 10.2 Å². The fourth-order valence-corrected chi connectivity index (χ4v) is 9.42. The number of benzene rings is 2. The molecule has 0 aliphatic carbocycles. The van der Waals surface area contributed by atoms with Gasteiger partial charge in [0.2, 0.25) is 0 Å². The largest absolute Gasteiger partial charge is 0.381 e. The summed E-state index contributed by atoms with van der Waals surface area (Å²) in [5, 5.41) is 4.90. The molecule has 2 aromatic carbocycles. The van der Waals surface area contributed by atoms with E-state index in [0.717, 1.165) is 78.0 Å². The van der Waals surface area contributed by atoms with E-state index in [9.17, 15) is 23.2 Å². The van der Waals surface area contributed by atoms with E-state index in [1.54, 1.807) is 35.2 Å². The number of ketones is 1. The van der Waals surface area contributed by atoms with Crippen molar-refractivity contribution in [2.24, 2.45) is 5.41 Å². The Bertz CT molecular complexity index is 2150. The molecule has 260 valence electrons. The van der Waals surface area contributed by atoms with E-state index in [1.165, 1.54) is 28.7 Å². The lowest BCUT2D eigenvalue weighted by atomic mass is 9.73. The summed E-state index contributed by atoms with van der Waals surface area (Å²) >= 11 is 2.77. The van der Waals surface area contributed by atoms with E-state index in [1.807, 2.05) is 30.5 Å². The molecule has 12 heteroatoms. The number of carbonyl (C=O) groups excluding carboxylic acids is 3. The number of aromatic nitrogens is 1. The highest BCUT2D eigenvalue weighted by atomic mass is 32.1. The van der Waals surface area contributed by atoms with Crippen LogP contribution in [0.15, 0.2) is 72.1 Å². The Labute approximate surface area is 301 Å². The van der Waals surface area contributed by atoms with Crippen LogP contribution in [0.4, 0.5) is 26.0 Å². The summed E-state index contributed by atoms with van der Waals surface area (Å²) in [6, 6.07) is 17.8. The van der Waals surface area contributed by atoms with Gasteiger partial charge >= 0.3 is 0 Å². The van der Waals surface area contributed by atoms with Crippen LogP contribution in [0.1, 0.15) is 60.1 Å². The lowest BCUT2D eigenvalue weighted by Crippen LogP contribution is -2.59. The van der Waals surface area contributed by atoms with Gasteiger partial charge in [0.05, 0.1) is 25.9 Å². The van der Waals surface area contributed by atoms with Gasteiger partial charge in [-0.15, -0.1) is 22.7 Å². The molecule has 0 saturated carbocycles. The number of Topliss-reactive ketones (excluding diaryl/α,β-unsaturated/α-hetero) is 1. The first kappa shape index (κ1) is 33.4. The molecule has 3 aliphatic rings. The highest BCUT2D eigenvalue weighted by Crippen LogP contribution is 2.46. The number of hydrogen-bond donors (Lipinski definition) is 1. The SMILES string of the molecule is Cc1ccc(C(=O)Nc2ccc(C(=O)N3CCc4cc(C(=O)Cc5c(F)cccc5F)sc4-c4sccc43)cc2)c(N2CC3(CCOCC3)C2)n1. The smallest absolute Gasteiger partial charge is 0.259 e. The first-order valence-corrected chi connectivity index (χ1v) is 18.6. The third kappa shape index (κ3) is 6.36. The third-order valence-electron chi connectivity index (χ3n) is 10.0. The zero-order chi connectivity index (χ0) is 35.3. The quantitative estimate of drug-likeness (QED) is 0.171. The van der Waals surface area contributed by atoms with Crippen LogP contribution in [-0.2, 0) is 17.6 Å². The molecule has 51 heavy (non-hydrogen) atoms. The Balaban J connectivity index is 0.958. The van der Waals surface area contributed by atoms with Gasteiger partial charge in [0, 0.05) is 67.2 Å². The second kappa shape index (κ2) is 13.4. The maximum atomic E-state index is 14.2.